The summed E-state index contributed by atoms with van der Waals surface area (Å²) in [4.78, 5) is 2.33. The smallest absolute Gasteiger partial charge is 0.124 e. The zero-order valence-electron chi connectivity index (χ0n) is 10.2. The predicted octanol–water partition coefficient (Wildman–Crippen LogP) is 4.47. The number of halogens is 3. The van der Waals surface area contributed by atoms with Crippen molar-refractivity contribution in [3.63, 3.8) is 0 Å². The topological polar surface area (TPSA) is 3.24 Å². The lowest BCUT2D eigenvalue weighted by molar-refractivity contribution is 0.214. The number of rotatable bonds is 6. The molecule has 1 aromatic rings. The van der Waals surface area contributed by atoms with Crippen molar-refractivity contribution in [1.29, 1.82) is 0 Å². The maximum atomic E-state index is 12.9. The molecule has 0 unspecified atom stereocenters. The second-order valence-electron chi connectivity index (χ2n) is 4.34. The average Bonchev–Trinajstić information content (AvgIpc) is 2.26. The van der Waals surface area contributed by atoms with Gasteiger partial charge in [-0.2, -0.15) is 0 Å². The van der Waals surface area contributed by atoms with Crippen LogP contribution in [0.3, 0.4) is 0 Å². The maximum absolute atomic E-state index is 12.9. The summed E-state index contributed by atoms with van der Waals surface area (Å²) >= 11 is 9.47. The Morgan fingerprint density at radius 1 is 1.41 bits per heavy atom. The predicted molar refractivity (Wildman–Crippen MR) is 75.4 cm³/mol. The van der Waals surface area contributed by atoms with Crippen LogP contribution in [0.2, 0.25) is 5.02 Å². The van der Waals surface area contributed by atoms with E-state index in [2.05, 4.69) is 34.7 Å². The fraction of sp³-hybridized carbons (Fsp3) is 0.538. The molecule has 1 nitrogen and oxygen atoms in total. The minimum atomic E-state index is -0.282. The summed E-state index contributed by atoms with van der Waals surface area (Å²) < 4.78 is 12.9. The molecule has 1 aromatic carbocycles. The van der Waals surface area contributed by atoms with Gasteiger partial charge in [0.05, 0.1) is 0 Å². The van der Waals surface area contributed by atoms with Crippen LogP contribution in [-0.2, 0) is 6.54 Å². The van der Waals surface area contributed by atoms with E-state index in [1.165, 1.54) is 12.1 Å². The number of hydrogen-bond acceptors (Lipinski definition) is 1. The number of hydrogen-bond donors (Lipinski definition) is 0. The Labute approximate surface area is 116 Å². The highest BCUT2D eigenvalue weighted by atomic mass is 79.9. The Bertz CT molecular complexity index is 357. The highest BCUT2D eigenvalue weighted by Crippen LogP contribution is 2.20. The van der Waals surface area contributed by atoms with E-state index < -0.39 is 0 Å². The fourth-order valence-corrected chi connectivity index (χ4v) is 2.13. The van der Waals surface area contributed by atoms with Gasteiger partial charge in [0.1, 0.15) is 5.82 Å². The first-order valence-corrected chi connectivity index (χ1v) is 7.28. The average molecular weight is 323 g/mol. The molecule has 1 rings (SSSR count). The van der Waals surface area contributed by atoms with E-state index in [1.54, 1.807) is 6.07 Å². The van der Waals surface area contributed by atoms with Crippen molar-refractivity contribution in [2.75, 3.05) is 11.9 Å². The second-order valence-corrected chi connectivity index (χ2v) is 5.54. The van der Waals surface area contributed by atoms with E-state index in [1.807, 2.05) is 0 Å². The van der Waals surface area contributed by atoms with Crippen molar-refractivity contribution in [2.45, 2.75) is 32.9 Å². The summed E-state index contributed by atoms with van der Waals surface area (Å²) in [6.07, 6.45) is 1.09. The van der Waals surface area contributed by atoms with Crippen LogP contribution in [0.4, 0.5) is 4.39 Å². The lowest BCUT2D eigenvalue weighted by Gasteiger charge is -2.26. The van der Waals surface area contributed by atoms with E-state index in [9.17, 15) is 4.39 Å². The molecule has 0 aromatic heterocycles. The SMILES string of the molecule is CC(C)N(CCCBr)Cc1ccc(F)cc1Cl. The molecule has 0 radical (unpaired) electrons. The summed E-state index contributed by atoms with van der Waals surface area (Å²) in [5, 5.41) is 1.50. The molecule has 0 atom stereocenters. The summed E-state index contributed by atoms with van der Waals surface area (Å²) in [6, 6.07) is 5.06. The first-order chi connectivity index (χ1) is 8.04. The van der Waals surface area contributed by atoms with Gasteiger partial charge in [-0.15, -0.1) is 0 Å². The Hall–Kier alpha value is -0.120. The quantitative estimate of drug-likeness (QED) is 0.698. The molecule has 0 N–H and O–H groups in total. The van der Waals surface area contributed by atoms with Gasteiger partial charge in [0.2, 0.25) is 0 Å². The van der Waals surface area contributed by atoms with Crippen LogP contribution in [0.25, 0.3) is 0 Å². The molecule has 0 aliphatic carbocycles. The van der Waals surface area contributed by atoms with Gasteiger partial charge < -0.3 is 0 Å². The molecule has 0 saturated carbocycles. The Morgan fingerprint density at radius 3 is 2.65 bits per heavy atom. The summed E-state index contributed by atoms with van der Waals surface area (Å²) in [5.74, 6) is -0.282. The molecular formula is C13H18BrClFN. The van der Waals surface area contributed by atoms with E-state index in [-0.39, 0.29) is 5.82 Å². The van der Waals surface area contributed by atoms with Crippen LogP contribution >= 0.6 is 27.5 Å². The first kappa shape index (κ1) is 14.9. The third kappa shape index (κ3) is 4.94. The molecule has 17 heavy (non-hydrogen) atoms. The standard InChI is InChI=1S/C13H18BrClFN/c1-10(2)17(7-3-6-14)9-11-4-5-12(16)8-13(11)15/h4-5,8,10H,3,6-7,9H2,1-2H3. The van der Waals surface area contributed by atoms with Crippen molar-refractivity contribution < 1.29 is 4.39 Å². The molecular weight excluding hydrogens is 305 g/mol. The van der Waals surface area contributed by atoms with Gasteiger partial charge in [-0.05, 0) is 44.5 Å². The second kappa shape index (κ2) is 7.34. The van der Waals surface area contributed by atoms with E-state index in [0.29, 0.717) is 11.1 Å². The van der Waals surface area contributed by atoms with Crippen LogP contribution in [0.15, 0.2) is 18.2 Å². The van der Waals surface area contributed by atoms with Crippen LogP contribution in [0, 0.1) is 5.82 Å². The van der Waals surface area contributed by atoms with Gasteiger partial charge >= 0.3 is 0 Å². The molecule has 0 spiro atoms. The monoisotopic (exact) mass is 321 g/mol. The van der Waals surface area contributed by atoms with Gasteiger partial charge in [-0.1, -0.05) is 33.6 Å². The maximum Gasteiger partial charge on any atom is 0.124 e. The van der Waals surface area contributed by atoms with E-state index in [4.69, 9.17) is 11.6 Å². The fourth-order valence-electron chi connectivity index (χ4n) is 1.65. The van der Waals surface area contributed by atoms with Crippen molar-refractivity contribution in [2.24, 2.45) is 0 Å². The van der Waals surface area contributed by atoms with Gasteiger partial charge in [0.15, 0.2) is 0 Å². The van der Waals surface area contributed by atoms with Crippen molar-refractivity contribution in [1.82, 2.24) is 4.90 Å². The van der Waals surface area contributed by atoms with Crippen molar-refractivity contribution >= 4 is 27.5 Å². The van der Waals surface area contributed by atoms with Gasteiger partial charge in [0, 0.05) is 22.9 Å². The van der Waals surface area contributed by atoms with Gasteiger partial charge in [0.25, 0.3) is 0 Å². The Balaban J connectivity index is 2.71. The zero-order valence-corrected chi connectivity index (χ0v) is 12.6. The number of nitrogens with zero attached hydrogens (tertiary/aromatic N) is 1. The molecule has 0 aliphatic rings. The molecule has 96 valence electrons. The Morgan fingerprint density at radius 2 is 2.12 bits per heavy atom. The minimum absolute atomic E-state index is 0.282. The molecule has 0 heterocycles. The van der Waals surface area contributed by atoms with Crippen molar-refractivity contribution in [3.05, 3.63) is 34.6 Å². The zero-order chi connectivity index (χ0) is 12.8. The number of benzene rings is 1. The molecule has 0 bridgehead atoms. The highest BCUT2D eigenvalue weighted by molar-refractivity contribution is 9.09. The third-order valence-electron chi connectivity index (χ3n) is 2.70. The molecule has 4 heteroatoms. The highest BCUT2D eigenvalue weighted by Gasteiger charge is 2.11. The van der Waals surface area contributed by atoms with Gasteiger partial charge in [-0.3, -0.25) is 4.90 Å². The summed E-state index contributed by atoms with van der Waals surface area (Å²) in [7, 11) is 0. The van der Waals surface area contributed by atoms with Crippen LogP contribution in [-0.4, -0.2) is 22.8 Å². The normalized spacial score (nSPS) is 11.5. The van der Waals surface area contributed by atoms with Crippen LogP contribution < -0.4 is 0 Å². The third-order valence-corrected chi connectivity index (χ3v) is 3.61. The van der Waals surface area contributed by atoms with Crippen LogP contribution in [0.5, 0.6) is 0 Å². The van der Waals surface area contributed by atoms with Crippen LogP contribution in [0.1, 0.15) is 25.8 Å². The van der Waals surface area contributed by atoms with Crippen molar-refractivity contribution in [3.8, 4) is 0 Å². The van der Waals surface area contributed by atoms with Gasteiger partial charge in [-0.25, -0.2) is 4.39 Å². The lowest BCUT2D eigenvalue weighted by atomic mass is 10.1. The summed E-state index contributed by atoms with van der Waals surface area (Å²) in [6.45, 7) is 6.09. The van der Waals surface area contributed by atoms with E-state index in [0.717, 1.165) is 30.4 Å². The molecule has 0 amide bonds. The Kier molecular flexibility index (Phi) is 6.45. The molecule has 0 aliphatic heterocycles. The molecule has 0 saturated heterocycles. The van der Waals surface area contributed by atoms with E-state index >= 15 is 0 Å². The summed E-state index contributed by atoms with van der Waals surface area (Å²) in [5.41, 5.74) is 0.983. The lowest BCUT2D eigenvalue weighted by Crippen LogP contribution is -2.31. The molecule has 0 fully saturated rings. The first-order valence-electron chi connectivity index (χ1n) is 5.78. The number of alkyl halides is 1. The minimum Gasteiger partial charge on any atom is -0.297 e. The largest absolute Gasteiger partial charge is 0.297 e.